The fourth-order valence-corrected chi connectivity index (χ4v) is 3.90. The third-order valence-electron chi connectivity index (χ3n) is 5.22. The summed E-state index contributed by atoms with van der Waals surface area (Å²) in [5.74, 6) is 1.06. The van der Waals surface area contributed by atoms with Gasteiger partial charge >= 0.3 is 0 Å². The molecule has 0 aromatic heterocycles. The molecular formula is C25H24FNO2S. The lowest BCUT2D eigenvalue weighted by molar-refractivity contribution is 0.269. The van der Waals surface area contributed by atoms with Crippen molar-refractivity contribution in [2.45, 2.75) is 26.5 Å². The molecule has 1 aliphatic rings. The van der Waals surface area contributed by atoms with E-state index in [9.17, 15) is 4.39 Å². The van der Waals surface area contributed by atoms with Gasteiger partial charge in [-0.15, -0.1) is 0 Å². The first kappa shape index (κ1) is 20.4. The predicted octanol–water partition coefficient (Wildman–Crippen LogP) is 5.54. The average molecular weight is 422 g/mol. The summed E-state index contributed by atoms with van der Waals surface area (Å²) in [6.07, 6.45) is 0.994. The largest absolute Gasteiger partial charge is 0.490 e. The van der Waals surface area contributed by atoms with Crippen LogP contribution in [0.25, 0.3) is 0 Å². The second-order valence-corrected chi connectivity index (χ2v) is 7.64. The molecule has 154 valence electrons. The first-order valence-electron chi connectivity index (χ1n) is 10.1. The Kier molecular flexibility index (Phi) is 6.29. The zero-order valence-corrected chi connectivity index (χ0v) is 17.8. The van der Waals surface area contributed by atoms with E-state index in [-0.39, 0.29) is 5.82 Å². The number of hydrogen-bond donors (Lipinski definition) is 0. The van der Waals surface area contributed by atoms with Crippen molar-refractivity contribution in [3.05, 3.63) is 94.8 Å². The molecule has 0 fully saturated rings. The highest BCUT2D eigenvalue weighted by Crippen LogP contribution is 2.31. The monoisotopic (exact) mass is 421 g/mol. The third kappa shape index (κ3) is 4.62. The number of fused-ring (bicyclic) bond motifs is 1. The zero-order valence-electron chi connectivity index (χ0n) is 16.9. The van der Waals surface area contributed by atoms with Gasteiger partial charge in [-0.05, 0) is 60.4 Å². The summed E-state index contributed by atoms with van der Waals surface area (Å²) in [6, 6.07) is 20.6. The predicted molar refractivity (Wildman–Crippen MR) is 121 cm³/mol. The first-order chi connectivity index (χ1) is 14.6. The highest BCUT2D eigenvalue weighted by Gasteiger charge is 2.20. The van der Waals surface area contributed by atoms with E-state index in [1.54, 1.807) is 12.1 Å². The van der Waals surface area contributed by atoms with Crippen molar-refractivity contribution < 1.29 is 13.9 Å². The van der Waals surface area contributed by atoms with Crippen LogP contribution in [0.3, 0.4) is 0 Å². The van der Waals surface area contributed by atoms with Gasteiger partial charge in [0.15, 0.2) is 11.5 Å². The SMILES string of the molecule is CCOc1cc(C(=S)N2CCc3ccccc3C2)ccc1OCc1ccc(F)cc1. The van der Waals surface area contributed by atoms with Gasteiger partial charge in [0.05, 0.1) is 6.61 Å². The van der Waals surface area contributed by atoms with Crippen LogP contribution >= 0.6 is 12.2 Å². The molecule has 0 saturated heterocycles. The molecule has 0 radical (unpaired) electrons. The lowest BCUT2D eigenvalue weighted by Crippen LogP contribution is -2.35. The van der Waals surface area contributed by atoms with Crippen molar-refractivity contribution in [1.29, 1.82) is 0 Å². The van der Waals surface area contributed by atoms with Crippen molar-refractivity contribution in [3.63, 3.8) is 0 Å². The van der Waals surface area contributed by atoms with Crippen LogP contribution in [0.5, 0.6) is 11.5 Å². The van der Waals surface area contributed by atoms with E-state index in [0.717, 1.165) is 35.6 Å². The minimum Gasteiger partial charge on any atom is -0.490 e. The Hall–Kier alpha value is -2.92. The van der Waals surface area contributed by atoms with Crippen LogP contribution < -0.4 is 9.47 Å². The van der Waals surface area contributed by atoms with E-state index >= 15 is 0 Å². The Morgan fingerprint density at radius 1 is 0.967 bits per heavy atom. The molecule has 0 unspecified atom stereocenters. The summed E-state index contributed by atoms with van der Waals surface area (Å²) in [5, 5.41) is 0. The quantitative estimate of drug-likeness (QED) is 0.487. The van der Waals surface area contributed by atoms with E-state index < -0.39 is 0 Å². The van der Waals surface area contributed by atoms with Crippen molar-refractivity contribution in [2.24, 2.45) is 0 Å². The molecule has 0 atom stereocenters. The number of thiocarbonyl (C=S) groups is 1. The minimum absolute atomic E-state index is 0.257. The second-order valence-electron chi connectivity index (χ2n) is 7.26. The van der Waals surface area contributed by atoms with Crippen molar-refractivity contribution >= 4 is 17.2 Å². The number of rotatable bonds is 6. The molecule has 0 aliphatic carbocycles. The zero-order chi connectivity index (χ0) is 20.9. The molecule has 1 aliphatic heterocycles. The summed E-state index contributed by atoms with van der Waals surface area (Å²) < 4.78 is 24.8. The molecule has 0 amide bonds. The number of halogens is 1. The fraction of sp³-hybridized carbons (Fsp3) is 0.240. The molecule has 3 aromatic rings. The molecule has 5 heteroatoms. The molecule has 30 heavy (non-hydrogen) atoms. The molecule has 0 spiro atoms. The molecule has 0 bridgehead atoms. The van der Waals surface area contributed by atoms with E-state index in [1.165, 1.54) is 23.3 Å². The van der Waals surface area contributed by atoms with E-state index in [4.69, 9.17) is 21.7 Å². The second kappa shape index (κ2) is 9.26. The Morgan fingerprint density at radius 2 is 1.73 bits per heavy atom. The van der Waals surface area contributed by atoms with Crippen LogP contribution in [-0.4, -0.2) is 23.0 Å². The molecule has 0 saturated carbocycles. The first-order valence-corrected chi connectivity index (χ1v) is 10.5. The summed E-state index contributed by atoms with van der Waals surface area (Å²) in [7, 11) is 0. The standard InChI is InChI=1S/C25H24FNO2S/c1-2-28-24-15-20(9-12-23(24)29-17-18-7-10-22(26)11-8-18)25(30)27-14-13-19-5-3-4-6-21(19)16-27/h3-12,15H,2,13-14,16-17H2,1H3. The van der Waals surface area contributed by atoms with Crippen LogP contribution in [0.1, 0.15) is 29.2 Å². The summed E-state index contributed by atoms with van der Waals surface area (Å²) in [6.45, 7) is 4.54. The Balaban J connectivity index is 1.49. The minimum atomic E-state index is -0.257. The number of benzene rings is 3. The maximum atomic E-state index is 13.1. The van der Waals surface area contributed by atoms with Gasteiger partial charge in [0.25, 0.3) is 0 Å². The Morgan fingerprint density at radius 3 is 2.50 bits per heavy atom. The van der Waals surface area contributed by atoms with Gasteiger partial charge in [-0.1, -0.05) is 48.6 Å². The molecule has 4 rings (SSSR count). The number of nitrogens with zero attached hydrogens (tertiary/aromatic N) is 1. The van der Waals surface area contributed by atoms with Crippen LogP contribution in [-0.2, 0) is 19.6 Å². The molecule has 3 nitrogen and oxygen atoms in total. The number of hydrogen-bond acceptors (Lipinski definition) is 3. The summed E-state index contributed by atoms with van der Waals surface area (Å²) >= 11 is 5.80. The highest BCUT2D eigenvalue weighted by molar-refractivity contribution is 7.80. The van der Waals surface area contributed by atoms with Crippen LogP contribution in [0.15, 0.2) is 66.7 Å². The molecule has 3 aromatic carbocycles. The van der Waals surface area contributed by atoms with Crippen LogP contribution in [0.4, 0.5) is 4.39 Å². The van der Waals surface area contributed by atoms with Gasteiger partial charge in [0.2, 0.25) is 0 Å². The van der Waals surface area contributed by atoms with Gasteiger partial charge in [-0.25, -0.2) is 4.39 Å². The van der Waals surface area contributed by atoms with Crippen molar-refractivity contribution in [3.8, 4) is 11.5 Å². The normalized spacial score (nSPS) is 12.9. The van der Waals surface area contributed by atoms with Gasteiger partial charge in [-0.2, -0.15) is 0 Å². The summed E-state index contributed by atoms with van der Waals surface area (Å²) in [4.78, 5) is 3.05. The fourth-order valence-electron chi connectivity index (χ4n) is 3.62. The summed E-state index contributed by atoms with van der Waals surface area (Å²) in [5.41, 5.74) is 4.57. The maximum absolute atomic E-state index is 13.1. The Labute approximate surface area is 182 Å². The van der Waals surface area contributed by atoms with Crippen molar-refractivity contribution in [1.82, 2.24) is 4.90 Å². The smallest absolute Gasteiger partial charge is 0.161 e. The van der Waals surface area contributed by atoms with E-state index in [1.807, 2.05) is 25.1 Å². The van der Waals surface area contributed by atoms with Gasteiger partial charge in [0, 0.05) is 18.7 Å². The van der Waals surface area contributed by atoms with Gasteiger partial charge in [0.1, 0.15) is 17.4 Å². The Bertz CT molecular complexity index is 1040. The van der Waals surface area contributed by atoms with E-state index in [0.29, 0.717) is 24.7 Å². The van der Waals surface area contributed by atoms with Crippen LogP contribution in [0, 0.1) is 5.82 Å². The van der Waals surface area contributed by atoms with Gasteiger partial charge in [-0.3, -0.25) is 0 Å². The van der Waals surface area contributed by atoms with E-state index in [2.05, 4.69) is 29.2 Å². The van der Waals surface area contributed by atoms with Crippen LogP contribution in [0.2, 0.25) is 0 Å². The third-order valence-corrected chi connectivity index (χ3v) is 5.71. The topological polar surface area (TPSA) is 21.7 Å². The number of ether oxygens (including phenoxy) is 2. The molecular weight excluding hydrogens is 397 g/mol. The maximum Gasteiger partial charge on any atom is 0.161 e. The molecule has 1 heterocycles. The molecule has 0 N–H and O–H groups in total. The lowest BCUT2D eigenvalue weighted by Gasteiger charge is -2.31. The lowest BCUT2D eigenvalue weighted by atomic mass is 9.99. The average Bonchev–Trinajstić information content (AvgIpc) is 2.78. The highest BCUT2D eigenvalue weighted by atomic mass is 32.1. The van der Waals surface area contributed by atoms with Gasteiger partial charge < -0.3 is 14.4 Å². The van der Waals surface area contributed by atoms with Crippen molar-refractivity contribution in [2.75, 3.05) is 13.2 Å².